The number of para-hydroxylation sites is 1. The number of Topliss-reactive ketones (excluding diaryl/α,β-unsaturated/α-hetero) is 1. The number of pyridine rings is 1. The highest BCUT2D eigenvalue weighted by Gasteiger charge is 2.26. The van der Waals surface area contributed by atoms with Crippen LogP contribution in [0.5, 0.6) is 0 Å². The molecule has 0 saturated heterocycles. The second-order valence-corrected chi connectivity index (χ2v) is 6.29. The Morgan fingerprint density at radius 1 is 1.19 bits per heavy atom. The Kier molecular flexibility index (Phi) is 4.33. The van der Waals surface area contributed by atoms with E-state index in [4.69, 9.17) is 0 Å². The maximum Gasteiger partial charge on any atom is 0.167 e. The predicted molar refractivity (Wildman–Crippen MR) is 86.4 cm³/mol. The highest BCUT2D eigenvalue weighted by Crippen LogP contribution is 2.33. The molecule has 0 N–H and O–H groups in total. The van der Waals surface area contributed by atoms with E-state index in [1.807, 2.05) is 30.3 Å². The number of ketones is 1. The molecule has 3 rings (SSSR count). The van der Waals surface area contributed by atoms with Crippen LogP contribution in [-0.4, -0.2) is 10.8 Å². The number of aromatic nitrogens is 1. The van der Waals surface area contributed by atoms with Gasteiger partial charge in [-0.05, 0) is 43.7 Å². The molecule has 2 aromatic rings. The number of carbonyl (C=O) groups is 1. The molecule has 2 nitrogen and oxygen atoms in total. The van der Waals surface area contributed by atoms with Crippen molar-refractivity contribution < 1.29 is 4.79 Å². The van der Waals surface area contributed by atoms with Crippen molar-refractivity contribution in [2.45, 2.75) is 45.4 Å². The zero-order valence-electron chi connectivity index (χ0n) is 12.7. The normalized spacial score (nSPS) is 22.3. The smallest absolute Gasteiger partial charge is 0.167 e. The average molecular weight is 281 g/mol. The van der Waals surface area contributed by atoms with E-state index >= 15 is 0 Å². The molecule has 0 aliphatic heterocycles. The van der Waals surface area contributed by atoms with Crippen molar-refractivity contribution in [1.29, 1.82) is 0 Å². The van der Waals surface area contributed by atoms with Gasteiger partial charge in [0.1, 0.15) is 0 Å². The Hall–Kier alpha value is -1.70. The number of nitrogens with zero attached hydrogens (tertiary/aromatic N) is 1. The van der Waals surface area contributed by atoms with E-state index in [9.17, 15) is 4.79 Å². The number of hydrogen-bond donors (Lipinski definition) is 0. The van der Waals surface area contributed by atoms with Crippen molar-refractivity contribution in [2.24, 2.45) is 11.8 Å². The molecule has 0 atom stereocenters. The minimum Gasteiger partial charge on any atom is -0.294 e. The van der Waals surface area contributed by atoms with E-state index in [0.29, 0.717) is 5.78 Å². The van der Waals surface area contributed by atoms with Crippen LogP contribution in [0.25, 0.3) is 10.9 Å². The molecule has 21 heavy (non-hydrogen) atoms. The maximum atomic E-state index is 12.7. The van der Waals surface area contributed by atoms with Gasteiger partial charge in [0, 0.05) is 23.1 Å². The van der Waals surface area contributed by atoms with E-state index in [2.05, 4.69) is 11.9 Å². The van der Waals surface area contributed by atoms with Crippen molar-refractivity contribution in [3.05, 3.63) is 42.1 Å². The summed E-state index contributed by atoms with van der Waals surface area (Å²) >= 11 is 0. The van der Waals surface area contributed by atoms with Crippen molar-refractivity contribution in [3.63, 3.8) is 0 Å². The van der Waals surface area contributed by atoms with E-state index in [1.165, 1.54) is 25.7 Å². The van der Waals surface area contributed by atoms with Crippen molar-refractivity contribution in [3.8, 4) is 0 Å². The maximum absolute atomic E-state index is 12.7. The lowest BCUT2D eigenvalue weighted by atomic mass is 9.77. The van der Waals surface area contributed by atoms with Crippen LogP contribution in [0.1, 0.15) is 55.8 Å². The van der Waals surface area contributed by atoms with Gasteiger partial charge in [0.15, 0.2) is 5.78 Å². The second kappa shape index (κ2) is 6.38. The summed E-state index contributed by atoms with van der Waals surface area (Å²) < 4.78 is 0. The molecule has 2 heteroatoms. The summed E-state index contributed by atoms with van der Waals surface area (Å²) in [6.07, 6.45) is 8.86. The van der Waals surface area contributed by atoms with Crippen LogP contribution in [0.15, 0.2) is 36.5 Å². The Bertz CT molecular complexity index is 626. The van der Waals surface area contributed by atoms with Gasteiger partial charge in [0.25, 0.3) is 0 Å². The Morgan fingerprint density at radius 3 is 2.71 bits per heavy atom. The van der Waals surface area contributed by atoms with Gasteiger partial charge in [0.05, 0.1) is 5.52 Å². The van der Waals surface area contributed by atoms with Crippen LogP contribution in [0.4, 0.5) is 0 Å². The highest BCUT2D eigenvalue weighted by atomic mass is 16.1. The van der Waals surface area contributed by atoms with E-state index < -0.39 is 0 Å². The summed E-state index contributed by atoms with van der Waals surface area (Å²) in [6.45, 7) is 2.25. The molecule has 0 spiro atoms. The second-order valence-electron chi connectivity index (χ2n) is 6.29. The number of hydrogen-bond acceptors (Lipinski definition) is 2. The minimum absolute atomic E-state index is 0.209. The van der Waals surface area contributed by atoms with Crippen LogP contribution < -0.4 is 0 Å². The summed E-state index contributed by atoms with van der Waals surface area (Å²) in [5.74, 6) is 1.35. The Balaban J connectivity index is 1.72. The fourth-order valence-corrected chi connectivity index (χ4v) is 3.56. The first kappa shape index (κ1) is 14.2. The molecular formula is C19H23NO. The van der Waals surface area contributed by atoms with Gasteiger partial charge in [-0.3, -0.25) is 9.78 Å². The zero-order chi connectivity index (χ0) is 14.7. The third kappa shape index (κ3) is 3.15. The molecule has 0 unspecified atom stereocenters. The molecule has 1 heterocycles. The molecule has 1 aliphatic rings. The summed E-state index contributed by atoms with van der Waals surface area (Å²) in [5.41, 5.74) is 1.74. The third-order valence-corrected chi connectivity index (χ3v) is 4.79. The minimum atomic E-state index is 0.209. The summed E-state index contributed by atoms with van der Waals surface area (Å²) in [6, 6.07) is 9.99. The van der Waals surface area contributed by atoms with E-state index in [0.717, 1.165) is 35.2 Å². The Labute approximate surface area is 126 Å². The van der Waals surface area contributed by atoms with E-state index in [1.54, 1.807) is 6.20 Å². The molecule has 1 aromatic heterocycles. The summed E-state index contributed by atoms with van der Waals surface area (Å²) in [4.78, 5) is 17.1. The first-order valence-electron chi connectivity index (χ1n) is 8.17. The van der Waals surface area contributed by atoms with Gasteiger partial charge in [-0.2, -0.15) is 0 Å². The van der Waals surface area contributed by atoms with Gasteiger partial charge < -0.3 is 0 Å². The number of rotatable bonds is 4. The van der Waals surface area contributed by atoms with Gasteiger partial charge in [-0.25, -0.2) is 0 Å². The molecule has 1 fully saturated rings. The fraction of sp³-hybridized carbons (Fsp3) is 0.474. The van der Waals surface area contributed by atoms with Crippen molar-refractivity contribution in [2.75, 3.05) is 0 Å². The lowest BCUT2D eigenvalue weighted by Crippen LogP contribution is -2.22. The van der Waals surface area contributed by atoms with Crippen LogP contribution in [0, 0.1) is 11.8 Å². The molecule has 110 valence electrons. The van der Waals surface area contributed by atoms with Crippen LogP contribution >= 0.6 is 0 Å². The van der Waals surface area contributed by atoms with Crippen molar-refractivity contribution >= 4 is 16.7 Å². The first-order chi connectivity index (χ1) is 10.3. The van der Waals surface area contributed by atoms with Gasteiger partial charge in [-0.15, -0.1) is 0 Å². The molecule has 1 aliphatic carbocycles. The quantitative estimate of drug-likeness (QED) is 0.736. The largest absolute Gasteiger partial charge is 0.294 e. The molecule has 0 radical (unpaired) electrons. The van der Waals surface area contributed by atoms with Gasteiger partial charge in [0.2, 0.25) is 0 Å². The molecular weight excluding hydrogens is 258 g/mol. The Morgan fingerprint density at radius 2 is 1.95 bits per heavy atom. The first-order valence-corrected chi connectivity index (χ1v) is 8.17. The predicted octanol–water partition coefficient (Wildman–Crippen LogP) is 5.02. The fourth-order valence-electron chi connectivity index (χ4n) is 3.56. The lowest BCUT2D eigenvalue weighted by molar-refractivity contribution is 0.0869. The summed E-state index contributed by atoms with van der Waals surface area (Å²) in [7, 11) is 0. The van der Waals surface area contributed by atoms with Crippen LogP contribution in [0.2, 0.25) is 0 Å². The van der Waals surface area contributed by atoms with Crippen LogP contribution in [-0.2, 0) is 0 Å². The van der Waals surface area contributed by atoms with Gasteiger partial charge >= 0.3 is 0 Å². The SMILES string of the molecule is CCCC1CCC(C(=O)c2cnc3ccccc3c2)CC1. The average Bonchev–Trinajstić information content (AvgIpc) is 2.55. The van der Waals surface area contributed by atoms with E-state index in [-0.39, 0.29) is 5.92 Å². The molecule has 0 amide bonds. The van der Waals surface area contributed by atoms with Crippen LogP contribution in [0.3, 0.4) is 0 Å². The molecule has 0 bridgehead atoms. The third-order valence-electron chi connectivity index (χ3n) is 4.79. The molecule has 1 saturated carbocycles. The molecule has 1 aromatic carbocycles. The lowest BCUT2D eigenvalue weighted by Gasteiger charge is -2.27. The number of fused-ring (bicyclic) bond motifs is 1. The van der Waals surface area contributed by atoms with Crippen molar-refractivity contribution in [1.82, 2.24) is 4.98 Å². The standard InChI is InChI=1S/C19H23NO/c1-2-5-14-8-10-15(11-9-14)19(21)17-12-16-6-3-4-7-18(16)20-13-17/h3-4,6-7,12-15H,2,5,8-11H2,1H3. The highest BCUT2D eigenvalue weighted by molar-refractivity contribution is 6.00. The number of carbonyl (C=O) groups excluding carboxylic acids is 1. The number of benzene rings is 1. The monoisotopic (exact) mass is 281 g/mol. The topological polar surface area (TPSA) is 30.0 Å². The van der Waals surface area contributed by atoms with Gasteiger partial charge in [-0.1, -0.05) is 38.0 Å². The zero-order valence-corrected chi connectivity index (χ0v) is 12.7. The summed E-state index contributed by atoms with van der Waals surface area (Å²) in [5, 5.41) is 1.06.